The molecule has 0 bridgehead atoms. The number of carboxylic acids is 1. The summed E-state index contributed by atoms with van der Waals surface area (Å²) in [6.07, 6.45) is -3.31. The van der Waals surface area contributed by atoms with Crippen molar-refractivity contribution >= 4 is 12.1 Å². The number of rotatable bonds is 7. The zero-order chi connectivity index (χ0) is 23.5. The van der Waals surface area contributed by atoms with Crippen LogP contribution in [-0.4, -0.2) is 51.6 Å². The number of aliphatic hydroxyl groups excluding tert-OH is 2. The first kappa shape index (κ1) is 22.4. The van der Waals surface area contributed by atoms with E-state index in [0.717, 1.165) is 28.3 Å². The Balaban J connectivity index is 1.35. The van der Waals surface area contributed by atoms with Crippen LogP contribution in [0.1, 0.15) is 39.2 Å². The van der Waals surface area contributed by atoms with Gasteiger partial charge >= 0.3 is 12.1 Å². The molecule has 2 unspecified atom stereocenters. The minimum absolute atomic E-state index is 0.0833. The van der Waals surface area contributed by atoms with Crippen LogP contribution in [0, 0.1) is 5.82 Å². The van der Waals surface area contributed by atoms with Crippen LogP contribution in [0.5, 0.6) is 0 Å². The Morgan fingerprint density at radius 3 is 2.27 bits per heavy atom. The standard InChI is InChI=1S/C24H21FN2O6/c25-19-10-26-20(9-17(19)23(30)31)22(29)21(28)11-27-24(32)33-12-18-15-7-3-1-5-13(15)14-6-2-4-8-16(14)18/h1-10,18,21-22,28-29H,11-12H2,(H,27,32)(H,30,31). The van der Waals surface area contributed by atoms with E-state index >= 15 is 0 Å². The summed E-state index contributed by atoms with van der Waals surface area (Å²) in [7, 11) is 0. The number of aromatic carboxylic acids is 1. The van der Waals surface area contributed by atoms with Crippen molar-refractivity contribution in [3.63, 3.8) is 0 Å². The van der Waals surface area contributed by atoms with Crippen LogP contribution in [0.15, 0.2) is 60.8 Å². The predicted octanol–water partition coefficient (Wildman–Crippen LogP) is 2.85. The quantitative estimate of drug-likeness (QED) is 0.434. The van der Waals surface area contributed by atoms with Gasteiger partial charge in [-0.05, 0) is 28.3 Å². The topological polar surface area (TPSA) is 129 Å². The van der Waals surface area contributed by atoms with E-state index in [2.05, 4.69) is 10.3 Å². The largest absolute Gasteiger partial charge is 0.478 e. The highest BCUT2D eigenvalue weighted by atomic mass is 19.1. The first-order chi connectivity index (χ1) is 15.9. The van der Waals surface area contributed by atoms with Crippen molar-refractivity contribution in [2.45, 2.75) is 18.1 Å². The molecule has 0 saturated carbocycles. The number of nitrogens with one attached hydrogen (secondary N) is 1. The minimum Gasteiger partial charge on any atom is -0.478 e. The second-order valence-electron chi connectivity index (χ2n) is 7.61. The summed E-state index contributed by atoms with van der Waals surface area (Å²) < 4.78 is 18.8. The van der Waals surface area contributed by atoms with E-state index in [0.29, 0.717) is 6.20 Å². The second kappa shape index (κ2) is 9.35. The minimum atomic E-state index is -1.64. The van der Waals surface area contributed by atoms with Gasteiger partial charge in [0.1, 0.15) is 18.8 Å². The molecule has 9 heteroatoms. The Morgan fingerprint density at radius 2 is 1.67 bits per heavy atom. The van der Waals surface area contributed by atoms with Crippen LogP contribution in [0.25, 0.3) is 11.1 Å². The molecule has 4 rings (SSSR count). The lowest BCUT2D eigenvalue weighted by Gasteiger charge is -2.19. The molecule has 8 nitrogen and oxygen atoms in total. The highest BCUT2D eigenvalue weighted by molar-refractivity contribution is 5.87. The van der Waals surface area contributed by atoms with Gasteiger partial charge in [0.2, 0.25) is 0 Å². The molecule has 4 N–H and O–H groups in total. The summed E-state index contributed by atoms with van der Waals surface area (Å²) in [5, 5.41) is 31.7. The number of aliphatic hydroxyl groups is 2. The lowest BCUT2D eigenvalue weighted by Crippen LogP contribution is -2.36. The van der Waals surface area contributed by atoms with E-state index in [1.165, 1.54) is 0 Å². The van der Waals surface area contributed by atoms with E-state index in [-0.39, 0.29) is 24.8 Å². The number of benzene rings is 2. The number of carboxylic acid groups (broad SMARTS) is 1. The number of hydrogen-bond donors (Lipinski definition) is 4. The Bertz CT molecular complexity index is 1160. The van der Waals surface area contributed by atoms with Crippen LogP contribution in [-0.2, 0) is 4.74 Å². The summed E-state index contributed by atoms with van der Waals surface area (Å²) >= 11 is 0. The molecule has 1 amide bonds. The monoisotopic (exact) mass is 452 g/mol. The molecule has 33 heavy (non-hydrogen) atoms. The van der Waals surface area contributed by atoms with Crippen molar-refractivity contribution < 1.29 is 34.0 Å². The van der Waals surface area contributed by atoms with Crippen molar-refractivity contribution in [1.82, 2.24) is 10.3 Å². The summed E-state index contributed by atoms with van der Waals surface area (Å²) in [6, 6.07) is 16.6. The number of amides is 1. The highest BCUT2D eigenvalue weighted by Gasteiger charge is 2.29. The number of fused-ring (bicyclic) bond motifs is 3. The van der Waals surface area contributed by atoms with Gasteiger partial charge in [0.25, 0.3) is 0 Å². The number of hydrogen-bond acceptors (Lipinski definition) is 6. The van der Waals surface area contributed by atoms with Crippen LogP contribution >= 0.6 is 0 Å². The molecule has 1 aliphatic rings. The zero-order valence-corrected chi connectivity index (χ0v) is 17.3. The van der Waals surface area contributed by atoms with E-state index in [1.54, 1.807) is 0 Å². The predicted molar refractivity (Wildman–Crippen MR) is 115 cm³/mol. The van der Waals surface area contributed by atoms with Gasteiger partial charge in [0, 0.05) is 12.5 Å². The zero-order valence-electron chi connectivity index (χ0n) is 17.3. The molecule has 2 atom stereocenters. The molecule has 0 radical (unpaired) electrons. The fourth-order valence-corrected chi connectivity index (χ4v) is 3.93. The molecule has 1 aromatic heterocycles. The number of nitrogens with zero attached hydrogens (tertiary/aromatic N) is 1. The summed E-state index contributed by atoms with van der Waals surface area (Å²) in [5.74, 6) is -2.73. The second-order valence-corrected chi connectivity index (χ2v) is 7.61. The molecular formula is C24H21FN2O6. The number of carbonyl (C=O) groups excluding carboxylic acids is 1. The SMILES string of the molecule is O=C(NCC(O)C(O)c1cc(C(=O)O)c(F)cn1)OCC1c2ccccc2-c2ccccc21. The number of carbonyl (C=O) groups is 2. The number of pyridine rings is 1. The van der Waals surface area contributed by atoms with Gasteiger partial charge in [-0.3, -0.25) is 4.98 Å². The van der Waals surface area contributed by atoms with Gasteiger partial charge in [0.15, 0.2) is 5.82 Å². The molecular weight excluding hydrogens is 431 g/mol. The first-order valence-electron chi connectivity index (χ1n) is 10.2. The van der Waals surface area contributed by atoms with Gasteiger partial charge in [-0.2, -0.15) is 0 Å². The molecule has 0 fully saturated rings. The van der Waals surface area contributed by atoms with Crippen molar-refractivity contribution in [3.8, 4) is 11.1 Å². The van der Waals surface area contributed by atoms with E-state index in [9.17, 15) is 24.2 Å². The van der Waals surface area contributed by atoms with Gasteiger partial charge in [-0.25, -0.2) is 14.0 Å². The van der Waals surface area contributed by atoms with E-state index in [1.807, 2.05) is 48.5 Å². The normalized spacial score (nSPS) is 14.2. The molecule has 170 valence electrons. The smallest absolute Gasteiger partial charge is 0.407 e. The molecule has 0 saturated heterocycles. The maximum Gasteiger partial charge on any atom is 0.407 e. The van der Waals surface area contributed by atoms with Crippen molar-refractivity contribution in [3.05, 3.63) is 89.0 Å². The lowest BCUT2D eigenvalue weighted by molar-refractivity contribution is 0.0159. The van der Waals surface area contributed by atoms with Crippen LogP contribution in [0.3, 0.4) is 0 Å². The van der Waals surface area contributed by atoms with E-state index in [4.69, 9.17) is 9.84 Å². The third-order valence-corrected chi connectivity index (χ3v) is 5.57. The molecule has 0 aliphatic heterocycles. The van der Waals surface area contributed by atoms with Crippen LogP contribution < -0.4 is 5.32 Å². The Kier molecular flexibility index (Phi) is 6.34. The number of alkyl carbamates (subject to hydrolysis) is 1. The fourth-order valence-electron chi connectivity index (χ4n) is 3.93. The molecule has 0 spiro atoms. The summed E-state index contributed by atoms with van der Waals surface area (Å²) in [6.45, 7) is -0.306. The van der Waals surface area contributed by atoms with Gasteiger partial charge in [0.05, 0.1) is 17.5 Å². The lowest BCUT2D eigenvalue weighted by atomic mass is 9.98. The van der Waals surface area contributed by atoms with E-state index < -0.39 is 35.7 Å². The molecule has 2 aromatic carbocycles. The fraction of sp³-hybridized carbons (Fsp3) is 0.208. The molecule has 1 heterocycles. The van der Waals surface area contributed by atoms with Gasteiger partial charge in [-0.1, -0.05) is 48.5 Å². The Labute approximate surface area is 188 Å². The molecule has 1 aliphatic carbocycles. The third kappa shape index (κ3) is 4.55. The maximum atomic E-state index is 13.5. The van der Waals surface area contributed by atoms with Crippen molar-refractivity contribution in [2.24, 2.45) is 0 Å². The Hall–Kier alpha value is -3.82. The van der Waals surface area contributed by atoms with Crippen LogP contribution in [0.4, 0.5) is 9.18 Å². The van der Waals surface area contributed by atoms with Crippen LogP contribution in [0.2, 0.25) is 0 Å². The third-order valence-electron chi connectivity index (χ3n) is 5.57. The van der Waals surface area contributed by atoms with Crippen molar-refractivity contribution in [2.75, 3.05) is 13.2 Å². The van der Waals surface area contributed by atoms with Crippen molar-refractivity contribution in [1.29, 1.82) is 0 Å². The highest BCUT2D eigenvalue weighted by Crippen LogP contribution is 2.44. The number of aromatic nitrogens is 1. The average molecular weight is 452 g/mol. The first-order valence-corrected chi connectivity index (χ1v) is 10.2. The maximum absolute atomic E-state index is 13.5. The van der Waals surface area contributed by atoms with Gasteiger partial charge < -0.3 is 25.4 Å². The molecule has 3 aromatic rings. The summed E-state index contributed by atoms with van der Waals surface area (Å²) in [5.41, 5.74) is 3.37. The summed E-state index contributed by atoms with van der Waals surface area (Å²) in [4.78, 5) is 26.8. The Morgan fingerprint density at radius 1 is 1.06 bits per heavy atom. The average Bonchev–Trinajstić information content (AvgIpc) is 3.14. The van der Waals surface area contributed by atoms with Gasteiger partial charge in [-0.15, -0.1) is 0 Å². The number of ether oxygens (including phenoxy) is 1. The number of halogens is 1.